The molecule has 0 atom stereocenters. The molecule has 4 nitrogen and oxygen atoms in total. The van der Waals surface area contributed by atoms with E-state index in [1.807, 2.05) is 11.7 Å². The number of halogens is 1. The van der Waals surface area contributed by atoms with Crippen LogP contribution in [0.5, 0.6) is 0 Å². The number of rotatable bonds is 6. The van der Waals surface area contributed by atoms with E-state index in [4.69, 9.17) is 4.74 Å². The molecule has 0 amide bonds. The van der Waals surface area contributed by atoms with Gasteiger partial charge >= 0.3 is 0 Å². The third kappa shape index (κ3) is 3.83. The third-order valence-corrected chi connectivity index (χ3v) is 5.04. The number of ether oxygens (including phenoxy) is 1. The van der Waals surface area contributed by atoms with Crippen molar-refractivity contribution in [2.24, 2.45) is 7.05 Å². The minimum Gasteiger partial charge on any atom is -0.372 e. The van der Waals surface area contributed by atoms with Gasteiger partial charge in [0.2, 0.25) is 0 Å². The SMILES string of the molecule is CCNC1CCC(OCc2c(Br)c(CC)nn2C)CC1. The van der Waals surface area contributed by atoms with Gasteiger partial charge in [-0.1, -0.05) is 13.8 Å². The summed E-state index contributed by atoms with van der Waals surface area (Å²) in [6.45, 7) is 6.02. The summed E-state index contributed by atoms with van der Waals surface area (Å²) < 4.78 is 9.15. The first-order valence-corrected chi connectivity index (χ1v) is 8.50. The van der Waals surface area contributed by atoms with Gasteiger partial charge in [0.1, 0.15) is 0 Å². The molecule has 0 radical (unpaired) electrons. The van der Waals surface area contributed by atoms with Crippen LogP contribution in [0.1, 0.15) is 50.9 Å². The van der Waals surface area contributed by atoms with E-state index in [0.29, 0.717) is 18.8 Å². The summed E-state index contributed by atoms with van der Waals surface area (Å²) >= 11 is 3.64. The molecule has 114 valence electrons. The molecule has 1 heterocycles. The van der Waals surface area contributed by atoms with Gasteiger partial charge in [0.25, 0.3) is 0 Å². The van der Waals surface area contributed by atoms with Crippen LogP contribution in [0.2, 0.25) is 0 Å². The number of aryl methyl sites for hydroxylation is 2. The van der Waals surface area contributed by atoms with Crippen LogP contribution in [0.25, 0.3) is 0 Å². The van der Waals surface area contributed by atoms with E-state index < -0.39 is 0 Å². The van der Waals surface area contributed by atoms with Crippen LogP contribution in [0.15, 0.2) is 4.47 Å². The van der Waals surface area contributed by atoms with Gasteiger partial charge in [0.15, 0.2) is 0 Å². The summed E-state index contributed by atoms with van der Waals surface area (Å²) in [6.07, 6.45) is 6.12. The fourth-order valence-electron chi connectivity index (χ4n) is 2.90. The van der Waals surface area contributed by atoms with Gasteiger partial charge in [-0.15, -0.1) is 0 Å². The first-order valence-electron chi connectivity index (χ1n) is 7.70. The monoisotopic (exact) mass is 343 g/mol. The second-order valence-corrected chi connectivity index (χ2v) is 6.32. The molecule has 0 aliphatic heterocycles. The molecule has 1 aliphatic carbocycles. The normalized spacial score (nSPS) is 23.2. The van der Waals surface area contributed by atoms with Gasteiger partial charge in [-0.05, 0) is 54.6 Å². The summed E-state index contributed by atoms with van der Waals surface area (Å²) in [5.41, 5.74) is 2.26. The Morgan fingerprint density at radius 1 is 1.30 bits per heavy atom. The molecule has 5 heteroatoms. The molecule has 0 saturated heterocycles. The van der Waals surface area contributed by atoms with E-state index >= 15 is 0 Å². The number of nitrogens with zero attached hydrogens (tertiary/aromatic N) is 2. The largest absolute Gasteiger partial charge is 0.372 e. The van der Waals surface area contributed by atoms with Crippen molar-refractivity contribution < 1.29 is 4.74 Å². The fourth-order valence-corrected chi connectivity index (χ4v) is 3.63. The highest BCUT2D eigenvalue weighted by Gasteiger charge is 2.22. The number of aromatic nitrogens is 2. The molecule has 1 aliphatic rings. The first kappa shape index (κ1) is 16.0. The highest BCUT2D eigenvalue weighted by molar-refractivity contribution is 9.10. The predicted molar refractivity (Wildman–Crippen MR) is 84.8 cm³/mol. The molecule has 0 spiro atoms. The van der Waals surface area contributed by atoms with Crippen molar-refractivity contribution in [3.05, 3.63) is 15.9 Å². The lowest BCUT2D eigenvalue weighted by molar-refractivity contribution is 0.00837. The van der Waals surface area contributed by atoms with Crippen LogP contribution in [0.4, 0.5) is 0 Å². The Balaban J connectivity index is 1.83. The molecular weight excluding hydrogens is 318 g/mol. The van der Waals surface area contributed by atoms with Gasteiger partial charge in [-0.2, -0.15) is 5.10 Å². The molecular formula is C15H26BrN3O. The van der Waals surface area contributed by atoms with Crippen molar-refractivity contribution in [1.82, 2.24) is 15.1 Å². The molecule has 0 unspecified atom stereocenters. The van der Waals surface area contributed by atoms with Crippen molar-refractivity contribution in [3.8, 4) is 0 Å². The molecule has 2 rings (SSSR count). The molecule has 1 aromatic heterocycles. The third-order valence-electron chi connectivity index (χ3n) is 4.13. The maximum Gasteiger partial charge on any atom is 0.0900 e. The number of nitrogens with one attached hydrogen (secondary N) is 1. The molecule has 0 bridgehead atoms. The maximum atomic E-state index is 6.10. The second kappa shape index (κ2) is 7.57. The minimum atomic E-state index is 0.400. The van der Waals surface area contributed by atoms with Gasteiger partial charge in [0.05, 0.1) is 28.6 Å². The number of hydrogen-bond acceptors (Lipinski definition) is 3. The van der Waals surface area contributed by atoms with Crippen LogP contribution in [0, 0.1) is 0 Å². The predicted octanol–water partition coefficient (Wildman–Crippen LogP) is 3.18. The van der Waals surface area contributed by atoms with Crippen molar-refractivity contribution in [2.45, 2.75) is 64.7 Å². The molecule has 0 aromatic carbocycles. The summed E-state index contributed by atoms with van der Waals surface area (Å²) in [7, 11) is 1.99. The maximum absolute atomic E-state index is 6.10. The van der Waals surface area contributed by atoms with Crippen LogP contribution in [-0.4, -0.2) is 28.5 Å². The Labute approximate surface area is 130 Å². The van der Waals surface area contributed by atoms with Crippen molar-refractivity contribution in [2.75, 3.05) is 6.54 Å². The highest BCUT2D eigenvalue weighted by atomic mass is 79.9. The summed E-state index contributed by atoms with van der Waals surface area (Å²) in [4.78, 5) is 0. The summed E-state index contributed by atoms with van der Waals surface area (Å²) in [5.74, 6) is 0. The van der Waals surface area contributed by atoms with Gasteiger partial charge in [-0.3, -0.25) is 4.68 Å². The van der Waals surface area contributed by atoms with Crippen LogP contribution in [0.3, 0.4) is 0 Å². The van der Waals surface area contributed by atoms with E-state index in [2.05, 4.69) is 40.2 Å². The standard InChI is InChI=1S/C15H26BrN3O/c1-4-13-15(16)14(19(3)18-13)10-20-12-8-6-11(7-9-12)17-5-2/h11-12,17H,4-10H2,1-3H3. The van der Waals surface area contributed by atoms with E-state index in [0.717, 1.165) is 41.7 Å². The van der Waals surface area contributed by atoms with Crippen LogP contribution >= 0.6 is 15.9 Å². The molecule has 20 heavy (non-hydrogen) atoms. The van der Waals surface area contributed by atoms with Gasteiger partial charge in [-0.25, -0.2) is 0 Å². The molecule has 1 N–H and O–H groups in total. The van der Waals surface area contributed by atoms with E-state index in [-0.39, 0.29) is 0 Å². The Morgan fingerprint density at radius 2 is 2.00 bits per heavy atom. The zero-order chi connectivity index (χ0) is 14.5. The van der Waals surface area contributed by atoms with Gasteiger partial charge in [0, 0.05) is 13.1 Å². The lowest BCUT2D eigenvalue weighted by atomic mass is 9.93. The second-order valence-electron chi connectivity index (χ2n) is 5.53. The summed E-state index contributed by atoms with van der Waals surface area (Å²) in [6, 6.07) is 0.690. The molecule has 1 saturated carbocycles. The smallest absolute Gasteiger partial charge is 0.0900 e. The fraction of sp³-hybridized carbons (Fsp3) is 0.800. The summed E-state index contributed by atoms with van der Waals surface area (Å²) in [5, 5.41) is 8.04. The average Bonchev–Trinajstić information content (AvgIpc) is 2.73. The Kier molecular flexibility index (Phi) is 6.05. The minimum absolute atomic E-state index is 0.400. The Bertz CT molecular complexity index is 425. The van der Waals surface area contributed by atoms with Crippen molar-refractivity contribution in [1.29, 1.82) is 0 Å². The molecule has 1 fully saturated rings. The van der Waals surface area contributed by atoms with Crippen molar-refractivity contribution >= 4 is 15.9 Å². The first-order chi connectivity index (χ1) is 9.65. The molecule has 1 aromatic rings. The Morgan fingerprint density at radius 3 is 2.55 bits per heavy atom. The van der Waals surface area contributed by atoms with Crippen LogP contribution < -0.4 is 5.32 Å². The average molecular weight is 344 g/mol. The van der Waals surface area contributed by atoms with E-state index in [1.54, 1.807) is 0 Å². The van der Waals surface area contributed by atoms with Crippen molar-refractivity contribution in [3.63, 3.8) is 0 Å². The highest BCUT2D eigenvalue weighted by Crippen LogP contribution is 2.26. The van der Waals surface area contributed by atoms with E-state index in [1.165, 1.54) is 12.8 Å². The lowest BCUT2D eigenvalue weighted by Gasteiger charge is -2.29. The zero-order valence-electron chi connectivity index (χ0n) is 12.8. The zero-order valence-corrected chi connectivity index (χ0v) is 14.4. The Hall–Kier alpha value is -0.390. The van der Waals surface area contributed by atoms with E-state index in [9.17, 15) is 0 Å². The quantitative estimate of drug-likeness (QED) is 0.862. The van der Waals surface area contributed by atoms with Gasteiger partial charge < -0.3 is 10.1 Å². The number of hydrogen-bond donors (Lipinski definition) is 1. The topological polar surface area (TPSA) is 39.1 Å². The lowest BCUT2D eigenvalue weighted by Crippen LogP contribution is -2.35. The van der Waals surface area contributed by atoms with Crippen LogP contribution in [-0.2, 0) is 24.8 Å².